The molecule has 0 fully saturated rings. The lowest BCUT2D eigenvalue weighted by Crippen LogP contribution is -2.33. The topological polar surface area (TPSA) is 61.5 Å². The number of nitrogens with two attached hydrogens (primary N) is 1. The molecule has 0 bridgehead atoms. The number of ether oxygens (including phenoxy) is 2. The molecule has 0 heterocycles. The molecule has 0 saturated carbocycles. The Kier molecular flexibility index (Phi) is 5.02. The van der Waals surface area contributed by atoms with Gasteiger partial charge in [0.1, 0.15) is 11.8 Å². The van der Waals surface area contributed by atoms with E-state index in [0.29, 0.717) is 5.56 Å². The van der Waals surface area contributed by atoms with E-state index in [0.717, 1.165) is 12.1 Å². The molecule has 1 unspecified atom stereocenters. The maximum atomic E-state index is 12.1. The lowest BCUT2D eigenvalue weighted by molar-refractivity contribution is -0.274. The fraction of sp³-hybridized carbons (Fsp3) is 0.364. The Balaban J connectivity index is 2.88. The van der Waals surface area contributed by atoms with Gasteiger partial charge in [-0.2, -0.15) is 0 Å². The van der Waals surface area contributed by atoms with Gasteiger partial charge in [-0.15, -0.1) is 13.2 Å². The van der Waals surface area contributed by atoms with E-state index in [1.807, 2.05) is 0 Å². The first-order valence-corrected chi connectivity index (χ1v) is 5.47. The predicted octanol–water partition coefficient (Wildman–Crippen LogP) is 2.28. The summed E-state index contributed by atoms with van der Waals surface area (Å²) in [5.41, 5.74) is 5.84. The van der Waals surface area contributed by atoms with Crippen LogP contribution in [0, 0.1) is 0 Å². The lowest BCUT2D eigenvalue weighted by atomic mass is 10.1. The van der Waals surface area contributed by atoms with Crippen LogP contribution < -0.4 is 10.5 Å². The zero-order valence-corrected chi connectivity index (χ0v) is 10.6. The van der Waals surface area contributed by atoms with E-state index in [9.17, 15) is 18.0 Å². The number of carbonyl (C=O) groups excluding carboxylic acids is 1. The number of esters is 1. The van der Waals surface area contributed by atoms with Crippen LogP contribution >= 0.6 is 11.6 Å². The molecular weight excluding hydrogens is 287 g/mol. The van der Waals surface area contributed by atoms with E-state index >= 15 is 0 Å². The highest BCUT2D eigenvalue weighted by Gasteiger charge is 2.31. The predicted molar refractivity (Wildman–Crippen MR) is 61.8 cm³/mol. The number of hydrogen-bond donors (Lipinski definition) is 1. The molecule has 0 aromatic heterocycles. The van der Waals surface area contributed by atoms with Crippen molar-refractivity contribution < 1.29 is 27.4 Å². The standard InChI is InChI=1S/C11H11ClF3NO3/c1-18-10(17)9(16)4-6-2-7(12)5-8(3-6)19-11(13,14)15/h2-3,5,9H,4,16H2,1H3. The van der Waals surface area contributed by atoms with E-state index < -0.39 is 24.1 Å². The Bertz CT molecular complexity index is 465. The minimum absolute atomic E-state index is 0.0124. The smallest absolute Gasteiger partial charge is 0.468 e. The molecule has 0 saturated heterocycles. The van der Waals surface area contributed by atoms with Crippen LogP contribution in [-0.4, -0.2) is 25.5 Å². The Morgan fingerprint density at radius 3 is 2.58 bits per heavy atom. The van der Waals surface area contributed by atoms with Gasteiger partial charge in [0.2, 0.25) is 0 Å². The van der Waals surface area contributed by atoms with Crippen molar-refractivity contribution >= 4 is 17.6 Å². The summed E-state index contributed by atoms with van der Waals surface area (Å²) in [5.74, 6) is -1.13. The number of methoxy groups -OCH3 is 1. The van der Waals surface area contributed by atoms with Crippen molar-refractivity contribution in [1.29, 1.82) is 0 Å². The van der Waals surface area contributed by atoms with Gasteiger partial charge >= 0.3 is 12.3 Å². The number of rotatable bonds is 4. The van der Waals surface area contributed by atoms with Crippen molar-refractivity contribution in [2.24, 2.45) is 5.73 Å². The van der Waals surface area contributed by atoms with Crippen LogP contribution in [0.1, 0.15) is 5.56 Å². The van der Waals surface area contributed by atoms with Gasteiger partial charge in [-0.1, -0.05) is 11.6 Å². The Labute approximate surface area is 112 Å². The van der Waals surface area contributed by atoms with Gasteiger partial charge in [-0.05, 0) is 30.2 Å². The van der Waals surface area contributed by atoms with Crippen LogP contribution in [0.3, 0.4) is 0 Å². The number of benzene rings is 1. The van der Waals surface area contributed by atoms with Crippen molar-refractivity contribution in [2.45, 2.75) is 18.8 Å². The molecule has 106 valence electrons. The minimum Gasteiger partial charge on any atom is -0.468 e. The van der Waals surface area contributed by atoms with Gasteiger partial charge in [0, 0.05) is 5.02 Å². The molecule has 0 aliphatic heterocycles. The van der Waals surface area contributed by atoms with E-state index in [2.05, 4.69) is 9.47 Å². The Morgan fingerprint density at radius 2 is 2.05 bits per heavy atom. The molecule has 1 rings (SSSR count). The fourth-order valence-electron chi connectivity index (χ4n) is 1.42. The number of carbonyl (C=O) groups is 1. The van der Waals surface area contributed by atoms with Crippen molar-refractivity contribution in [3.05, 3.63) is 28.8 Å². The second-order valence-corrected chi connectivity index (χ2v) is 4.11. The van der Waals surface area contributed by atoms with Crippen LogP contribution in [0.15, 0.2) is 18.2 Å². The van der Waals surface area contributed by atoms with E-state index in [4.69, 9.17) is 17.3 Å². The fourth-order valence-corrected chi connectivity index (χ4v) is 1.67. The first-order chi connectivity index (χ1) is 8.71. The number of hydrogen-bond acceptors (Lipinski definition) is 4. The molecule has 19 heavy (non-hydrogen) atoms. The average Bonchev–Trinajstić information content (AvgIpc) is 2.24. The molecule has 1 aromatic carbocycles. The third-order valence-corrected chi connectivity index (χ3v) is 2.34. The highest BCUT2D eigenvalue weighted by Crippen LogP contribution is 2.27. The molecule has 0 aliphatic carbocycles. The van der Waals surface area contributed by atoms with Crippen LogP contribution in [0.25, 0.3) is 0 Å². The third-order valence-electron chi connectivity index (χ3n) is 2.12. The molecule has 2 N–H and O–H groups in total. The van der Waals surface area contributed by atoms with Crippen molar-refractivity contribution in [2.75, 3.05) is 7.11 Å². The summed E-state index contributed by atoms with van der Waals surface area (Å²) in [7, 11) is 1.17. The van der Waals surface area contributed by atoms with Crippen LogP contribution in [0.5, 0.6) is 5.75 Å². The Morgan fingerprint density at radius 1 is 1.42 bits per heavy atom. The second kappa shape index (κ2) is 6.12. The lowest BCUT2D eigenvalue weighted by Gasteiger charge is -2.13. The zero-order valence-electron chi connectivity index (χ0n) is 9.83. The van der Waals surface area contributed by atoms with Crippen LogP contribution in [-0.2, 0) is 16.0 Å². The minimum atomic E-state index is -4.81. The summed E-state index contributed by atoms with van der Waals surface area (Å²) in [5, 5.41) is 0.0498. The van der Waals surface area contributed by atoms with Crippen LogP contribution in [0.4, 0.5) is 13.2 Å². The van der Waals surface area contributed by atoms with Gasteiger partial charge in [0.25, 0.3) is 0 Å². The largest absolute Gasteiger partial charge is 0.573 e. The van der Waals surface area contributed by atoms with Gasteiger partial charge in [0.05, 0.1) is 7.11 Å². The normalized spacial score (nSPS) is 12.9. The summed E-state index contributed by atoms with van der Waals surface area (Å²) >= 11 is 5.67. The summed E-state index contributed by atoms with van der Waals surface area (Å²) in [6.45, 7) is 0. The summed E-state index contributed by atoms with van der Waals surface area (Å²) in [6, 6.07) is 2.54. The van der Waals surface area contributed by atoms with Crippen molar-refractivity contribution in [3.63, 3.8) is 0 Å². The third kappa shape index (κ3) is 5.35. The summed E-state index contributed by atoms with van der Waals surface area (Å²) < 4.78 is 44.4. The SMILES string of the molecule is COC(=O)C(N)Cc1cc(Cl)cc(OC(F)(F)F)c1. The van der Waals surface area contributed by atoms with E-state index in [1.54, 1.807) is 0 Å². The molecular formula is C11H11ClF3NO3. The molecule has 1 aromatic rings. The van der Waals surface area contributed by atoms with E-state index in [1.165, 1.54) is 13.2 Å². The number of halogens is 4. The number of alkyl halides is 3. The molecule has 1 atom stereocenters. The highest BCUT2D eigenvalue weighted by molar-refractivity contribution is 6.30. The summed E-state index contributed by atoms with van der Waals surface area (Å²) in [4.78, 5) is 11.1. The van der Waals surface area contributed by atoms with Gasteiger partial charge in [-0.25, -0.2) is 0 Å². The first-order valence-electron chi connectivity index (χ1n) is 5.10. The first kappa shape index (κ1) is 15.6. The highest BCUT2D eigenvalue weighted by atomic mass is 35.5. The van der Waals surface area contributed by atoms with Gasteiger partial charge < -0.3 is 15.2 Å². The van der Waals surface area contributed by atoms with Gasteiger partial charge in [0.15, 0.2) is 0 Å². The monoisotopic (exact) mass is 297 g/mol. The average molecular weight is 298 g/mol. The van der Waals surface area contributed by atoms with E-state index in [-0.39, 0.29) is 11.4 Å². The zero-order chi connectivity index (χ0) is 14.6. The molecule has 0 radical (unpaired) electrons. The molecule has 8 heteroatoms. The van der Waals surface area contributed by atoms with Crippen molar-refractivity contribution in [3.8, 4) is 5.75 Å². The van der Waals surface area contributed by atoms with Gasteiger partial charge in [-0.3, -0.25) is 4.79 Å². The molecule has 0 amide bonds. The molecule has 0 spiro atoms. The summed E-state index contributed by atoms with van der Waals surface area (Å²) in [6.07, 6.45) is -4.83. The molecule has 4 nitrogen and oxygen atoms in total. The maximum absolute atomic E-state index is 12.1. The quantitative estimate of drug-likeness (QED) is 0.866. The van der Waals surface area contributed by atoms with Crippen LogP contribution in [0.2, 0.25) is 5.02 Å². The molecule has 0 aliphatic rings. The second-order valence-electron chi connectivity index (χ2n) is 3.68. The maximum Gasteiger partial charge on any atom is 0.573 e. The van der Waals surface area contributed by atoms with Crippen molar-refractivity contribution in [1.82, 2.24) is 0 Å². The Hall–Kier alpha value is -1.47.